The maximum atomic E-state index is 12.6. The second kappa shape index (κ2) is 6.39. The van der Waals surface area contributed by atoms with Crippen LogP contribution < -0.4 is 4.90 Å². The molecule has 0 aliphatic carbocycles. The lowest BCUT2D eigenvalue weighted by molar-refractivity contribution is -0.145. The first-order chi connectivity index (χ1) is 10.3. The molecule has 3 heterocycles. The summed E-state index contributed by atoms with van der Waals surface area (Å²) >= 11 is 0. The van der Waals surface area contributed by atoms with Gasteiger partial charge in [0.05, 0.1) is 18.8 Å². The number of ether oxygens (including phenoxy) is 1. The number of piperidine rings is 1. The fraction of sp³-hybridized carbons (Fsp3) is 0.667. The summed E-state index contributed by atoms with van der Waals surface area (Å²) in [5.74, 6) is 0.984. The SMILES string of the molecule is Cc1nccnc1N1CCOC(C(=O)N2CCCCC2)C1. The van der Waals surface area contributed by atoms with Gasteiger partial charge in [0.1, 0.15) is 5.82 Å². The molecule has 0 saturated carbocycles. The Morgan fingerprint density at radius 2 is 1.95 bits per heavy atom. The topological polar surface area (TPSA) is 58.6 Å². The molecule has 1 aromatic rings. The van der Waals surface area contributed by atoms with Crippen molar-refractivity contribution < 1.29 is 9.53 Å². The highest BCUT2D eigenvalue weighted by Crippen LogP contribution is 2.19. The van der Waals surface area contributed by atoms with Crippen LogP contribution in [0.3, 0.4) is 0 Å². The van der Waals surface area contributed by atoms with E-state index >= 15 is 0 Å². The molecular formula is C15H22N4O2. The first-order valence-corrected chi connectivity index (χ1v) is 7.68. The van der Waals surface area contributed by atoms with Gasteiger partial charge in [0, 0.05) is 32.0 Å². The van der Waals surface area contributed by atoms with Gasteiger partial charge in [0.15, 0.2) is 6.10 Å². The third kappa shape index (κ3) is 3.15. The summed E-state index contributed by atoms with van der Waals surface area (Å²) in [5, 5.41) is 0. The molecule has 2 aliphatic heterocycles. The van der Waals surface area contributed by atoms with Gasteiger partial charge < -0.3 is 14.5 Å². The van der Waals surface area contributed by atoms with Crippen LogP contribution >= 0.6 is 0 Å². The zero-order valence-corrected chi connectivity index (χ0v) is 12.5. The minimum atomic E-state index is -0.377. The molecular weight excluding hydrogens is 268 g/mol. The maximum Gasteiger partial charge on any atom is 0.253 e. The first kappa shape index (κ1) is 14.3. The lowest BCUT2D eigenvalue weighted by atomic mass is 10.1. The molecule has 6 heteroatoms. The van der Waals surface area contributed by atoms with Crippen LogP contribution in [0.15, 0.2) is 12.4 Å². The number of hydrogen-bond donors (Lipinski definition) is 0. The van der Waals surface area contributed by atoms with Crippen molar-refractivity contribution in [2.24, 2.45) is 0 Å². The van der Waals surface area contributed by atoms with Gasteiger partial charge in [-0.1, -0.05) is 0 Å². The van der Waals surface area contributed by atoms with Crippen molar-refractivity contribution in [2.75, 3.05) is 37.7 Å². The molecule has 1 unspecified atom stereocenters. The highest BCUT2D eigenvalue weighted by atomic mass is 16.5. The molecule has 0 bridgehead atoms. The Labute approximate surface area is 125 Å². The molecule has 1 atom stereocenters. The van der Waals surface area contributed by atoms with Gasteiger partial charge in [-0.2, -0.15) is 0 Å². The minimum absolute atomic E-state index is 0.126. The van der Waals surface area contributed by atoms with E-state index < -0.39 is 0 Å². The van der Waals surface area contributed by atoms with Gasteiger partial charge in [-0.05, 0) is 26.2 Å². The average molecular weight is 290 g/mol. The maximum absolute atomic E-state index is 12.6. The Kier molecular flexibility index (Phi) is 4.34. The summed E-state index contributed by atoms with van der Waals surface area (Å²) in [6.45, 7) is 5.55. The highest BCUT2D eigenvalue weighted by molar-refractivity contribution is 5.82. The van der Waals surface area contributed by atoms with Crippen molar-refractivity contribution >= 4 is 11.7 Å². The molecule has 114 valence electrons. The van der Waals surface area contributed by atoms with E-state index in [1.807, 2.05) is 11.8 Å². The number of rotatable bonds is 2. The summed E-state index contributed by atoms with van der Waals surface area (Å²) in [6.07, 6.45) is 6.43. The predicted molar refractivity (Wildman–Crippen MR) is 79.2 cm³/mol. The molecule has 2 aliphatic rings. The number of carbonyl (C=O) groups is 1. The van der Waals surface area contributed by atoms with Crippen LogP contribution in [-0.2, 0) is 9.53 Å². The molecule has 0 N–H and O–H groups in total. The van der Waals surface area contributed by atoms with Crippen molar-refractivity contribution in [2.45, 2.75) is 32.3 Å². The van der Waals surface area contributed by atoms with E-state index in [0.29, 0.717) is 13.2 Å². The molecule has 21 heavy (non-hydrogen) atoms. The summed E-state index contributed by atoms with van der Waals surface area (Å²) in [6, 6.07) is 0. The van der Waals surface area contributed by atoms with Crippen LogP contribution in [0.25, 0.3) is 0 Å². The van der Waals surface area contributed by atoms with E-state index in [2.05, 4.69) is 14.9 Å². The molecule has 1 amide bonds. The third-order valence-electron chi connectivity index (χ3n) is 4.16. The second-order valence-electron chi connectivity index (χ2n) is 5.66. The van der Waals surface area contributed by atoms with E-state index in [-0.39, 0.29) is 12.0 Å². The predicted octanol–water partition coefficient (Wildman–Crippen LogP) is 1.00. The largest absolute Gasteiger partial charge is 0.365 e. The Hall–Kier alpha value is -1.69. The highest BCUT2D eigenvalue weighted by Gasteiger charge is 2.31. The number of morpholine rings is 1. The Bertz CT molecular complexity index is 502. The molecule has 3 rings (SSSR count). The fourth-order valence-corrected chi connectivity index (χ4v) is 3.02. The summed E-state index contributed by atoms with van der Waals surface area (Å²) in [5.41, 5.74) is 0.892. The van der Waals surface area contributed by atoms with Gasteiger partial charge >= 0.3 is 0 Å². The van der Waals surface area contributed by atoms with E-state index in [1.54, 1.807) is 12.4 Å². The monoisotopic (exact) mass is 290 g/mol. The molecule has 0 spiro atoms. The molecule has 6 nitrogen and oxygen atoms in total. The molecule has 0 aromatic carbocycles. The van der Waals surface area contributed by atoms with Gasteiger partial charge in [-0.25, -0.2) is 4.98 Å². The zero-order chi connectivity index (χ0) is 14.7. The van der Waals surface area contributed by atoms with Crippen LogP contribution in [0.1, 0.15) is 25.0 Å². The van der Waals surface area contributed by atoms with Crippen LogP contribution in [0.4, 0.5) is 5.82 Å². The van der Waals surface area contributed by atoms with Crippen molar-refractivity contribution in [3.8, 4) is 0 Å². The number of anilines is 1. The van der Waals surface area contributed by atoms with Crippen molar-refractivity contribution in [1.29, 1.82) is 0 Å². The molecule has 0 radical (unpaired) electrons. The van der Waals surface area contributed by atoms with Crippen molar-refractivity contribution in [1.82, 2.24) is 14.9 Å². The first-order valence-electron chi connectivity index (χ1n) is 7.68. The van der Waals surface area contributed by atoms with E-state index in [9.17, 15) is 4.79 Å². The number of hydrogen-bond acceptors (Lipinski definition) is 5. The van der Waals surface area contributed by atoms with E-state index in [4.69, 9.17) is 4.74 Å². The standard InChI is InChI=1S/C15H22N4O2/c1-12-14(17-6-5-16-12)19-9-10-21-13(11-19)15(20)18-7-3-2-4-8-18/h5-6,13H,2-4,7-11H2,1H3. The van der Waals surface area contributed by atoms with Crippen molar-refractivity contribution in [3.63, 3.8) is 0 Å². The molecule has 2 fully saturated rings. The Morgan fingerprint density at radius 3 is 2.71 bits per heavy atom. The normalized spacial score (nSPS) is 23.2. The van der Waals surface area contributed by atoms with Crippen LogP contribution in [0.5, 0.6) is 0 Å². The lowest BCUT2D eigenvalue weighted by Crippen LogP contribution is -2.52. The number of nitrogens with zero attached hydrogens (tertiary/aromatic N) is 4. The van der Waals surface area contributed by atoms with Crippen LogP contribution in [0.2, 0.25) is 0 Å². The van der Waals surface area contributed by atoms with Crippen LogP contribution in [0, 0.1) is 6.92 Å². The number of aryl methyl sites for hydroxylation is 1. The van der Waals surface area contributed by atoms with Gasteiger partial charge in [-0.3, -0.25) is 9.78 Å². The number of likely N-dealkylation sites (tertiary alicyclic amines) is 1. The Balaban J connectivity index is 1.68. The number of carbonyl (C=O) groups excluding carboxylic acids is 1. The van der Waals surface area contributed by atoms with E-state index in [1.165, 1.54) is 6.42 Å². The number of amides is 1. The van der Waals surface area contributed by atoms with Crippen molar-refractivity contribution in [3.05, 3.63) is 18.1 Å². The van der Waals surface area contributed by atoms with E-state index in [0.717, 1.165) is 44.0 Å². The minimum Gasteiger partial charge on any atom is -0.365 e. The molecule has 2 saturated heterocycles. The quantitative estimate of drug-likeness (QED) is 0.813. The average Bonchev–Trinajstić information content (AvgIpc) is 2.55. The van der Waals surface area contributed by atoms with Gasteiger partial charge in [0.2, 0.25) is 0 Å². The number of aromatic nitrogens is 2. The summed E-state index contributed by atoms with van der Waals surface area (Å²) in [4.78, 5) is 25.3. The third-order valence-corrected chi connectivity index (χ3v) is 4.16. The Morgan fingerprint density at radius 1 is 1.19 bits per heavy atom. The van der Waals surface area contributed by atoms with Gasteiger partial charge in [-0.15, -0.1) is 0 Å². The molecule has 1 aromatic heterocycles. The summed E-state index contributed by atoms with van der Waals surface area (Å²) < 4.78 is 5.70. The zero-order valence-electron chi connectivity index (χ0n) is 12.5. The second-order valence-corrected chi connectivity index (χ2v) is 5.66. The van der Waals surface area contributed by atoms with Gasteiger partial charge in [0.25, 0.3) is 5.91 Å². The lowest BCUT2D eigenvalue weighted by Gasteiger charge is -2.36. The summed E-state index contributed by atoms with van der Waals surface area (Å²) in [7, 11) is 0. The fourth-order valence-electron chi connectivity index (χ4n) is 3.02. The van der Waals surface area contributed by atoms with Crippen LogP contribution in [-0.4, -0.2) is 59.7 Å². The smallest absolute Gasteiger partial charge is 0.253 e.